The molecule has 1 fully saturated rings. The number of hydrogen-bond acceptors (Lipinski definition) is 2. The largest absolute Gasteiger partial charge is 0.309 e. The lowest BCUT2D eigenvalue weighted by molar-refractivity contribution is 0.247. The van der Waals surface area contributed by atoms with E-state index in [0.717, 1.165) is 6.54 Å². The monoisotopic (exact) mass is 246 g/mol. The van der Waals surface area contributed by atoms with Gasteiger partial charge in [-0.3, -0.25) is 4.90 Å². The van der Waals surface area contributed by atoms with Crippen molar-refractivity contribution in [2.45, 2.75) is 45.7 Å². The standard InChI is InChI=1S/C16H26N2/c1-13-6-8-16(9-7-13)15(3)17-12-14(2)18-10-4-5-11-18/h6-9,14-15,17H,4-5,10-12H2,1-3H3. The van der Waals surface area contributed by atoms with E-state index < -0.39 is 0 Å². The Bertz CT molecular complexity index is 352. The van der Waals surface area contributed by atoms with E-state index in [0.29, 0.717) is 12.1 Å². The second kappa shape index (κ2) is 6.35. The summed E-state index contributed by atoms with van der Waals surface area (Å²) in [6.07, 6.45) is 2.75. The van der Waals surface area contributed by atoms with E-state index in [4.69, 9.17) is 0 Å². The average Bonchev–Trinajstić information content (AvgIpc) is 2.90. The molecule has 0 aromatic heterocycles. The maximum atomic E-state index is 3.65. The van der Waals surface area contributed by atoms with Crippen molar-refractivity contribution in [1.82, 2.24) is 10.2 Å². The number of nitrogens with zero attached hydrogens (tertiary/aromatic N) is 1. The lowest BCUT2D eigenvalue weighted by Crippen LogP contribution is -2.39. The zero-order valence-corrected chi connectivity index (χ0v) is 11.9. The first-order valence-corrected chi connectivity index (χ1v) is 7.21. The fraction of sp³-hybridized carbons (Fsp3) is 0.625. The molecule has 2 atom stereocenters. The molecule has 0 radical (unpaired) electrons. The first-order chi connectivity index (χ1) is 8.66. The second-order valence-corrected chi connectivity index (χ2v) is 5.63. The minimum Gasteiger partial charge on any atom is -0.309 e. The molecule has 2 nitrogen and oxygen atoms in total. The summed E-state index contributed by atoms with van der Waals surface area (Å²) in [4.78, 5) is 2.59. The van der Waals surface area contributed by atoms with Crippen LogP contribution in [0.25, 0.3) is 0 Å². The van der Waals surface area contributed by atoms with Gasteiger partial charge in [-0.05, 0) is 52.3 Å². The quantitative estimate of drug-likeness (QED) is 0.858. The number of hydrogen-bond donors (Lipinski definition) is 1. The molecule has 18 heavy (non-hydrogen) atoms. The molecule has 1 saturated heterocycles. The van der Waals surface area contributed by atoms with Gasteiger partial charge in [-0.25, -0.2) is 0 Å². The summed E-state index contributed by atoms with van der Waals surface area (Å²) < 4.78 is 0. The zero-order valence-electron chi connectivity index (χ0n) is 11.9. The molecule has 0 spiro atoms. The SMILES string of the molecule is Cc1ccc(C(C)NCC(C)N2CCCC2)cc1. The van der Waals surface area contributed by atoms with Gasteiger partial charge < -0.3 is 5.32 Å². The van der Waals surface area contributed by atoms with E-state index in [-0.39, 0.29) is 0 Å². The Morgan fingerprint density at radius 3 is 2.33 bits per heavy atom. The van der Waals surface area contributed by atoms with Crippen molar-refractivity contribution in [3.8, 4) is 0 Å². The van der Waals surface area contributed by atoms with Gasteiger partial charge in [0.1, 0.15) is 0 Å². The third-order valence-electron chi connectivity index (χ3n) is 4.06. The van der Waals surface area contributed by atoms with E-state index in [2.05, 4.69) is 55.3 Å². The summed E-state index contributed by atoms with van der Waals surface area (Å²) in [6.45, 7) is 10.4. The van der Waals surface area contributed by atoms with Crippen molar-refractivity contribution >= 4 is 0 Å². The number of benzene rings is 1. The molecular formula is C16H26N2. The van der Waals surface area contributed by atoms with Gasteiger partial charge in [0.05, 0.1) is 0 Å². The Labute approximate surface area is 111 Å². The van der Waals surface area contributed by atoms with Crippen LogP contribution in [-0.2, 0) is 0 Å². The first-order valence-electron chi connectivity index (χ1n) is 7.21. The molecule has 0 saturated carbocycles. The molecule has 1 N–H and O–H groups in total. The van der Waals surface area contributed by atoms with Gasteiger partial charge in [0.25, 0.3) is 0 Å². The van der Waals surface area contributed by atoms with E-state index in [1.165, 1.54) is 37.1 Å². The molecule has 2 heteroatoms. The minimum atomic E-state index is 0.440. The topological polar surface area (TPSA) is 15.3 Å². The summed E-state index contributed by atoms with van der Waals surface area (Å²) >= 11 is 0. The molecule has 100 valence electrons. The van der Waals surface area contributed by atoms with Crippen LogP contribution in [0.1, 0.15) is 43.9 Å². The molecular weight excluding hydrogens is 220 g/mol. The van der Waals surface area contributed by atoms with Crippen molar-refractivity contribution in [1.29, 1.82) is 0 Å². The number of rotatable bonds is 5. The molecule has 0 bridgehead atoms. The fourth-order valence-corrected chi connectivity index (χ4v) is 2.63. The molecule has 1 aromatic carbocycles. The predicted octanol–water partition coefficient (Wildman–Crippen LogP) is 3.13. The van der Waals surface area contributed by atoms with Crippen LogP contribution in [0, 0.1) is 6.92 Å². The highest BCUT2D eigenvalue weighted by Gasteiger charge is 2.18. The Morgan fingerprint density at radius 2 is 1.72 bits per heavy atom. The van der Waals surface area contributed by atoms with Crippen molar-refractivity contribution in [2.24, 2.45) is 0 Å². The Kier molecular flexibility index (Phi) is 4.79. The molecule has 0 aliphatic carbocycles. The van der Waals surface area contributed by atoms with E-state index in [1.54, 1.807) is 0 Å². The Balaban J connectivity index is 1.80. The zero-order chi connectivity index (χ0) is 13.0. The Morgan fingerprint density at radius 1 is 1.11 bits per heavy atom. The van der Waals surface area contributed by atoms with Crippen LogP contribution in [0.3, 0.4) is 0 Å². The van der Waals surface area contributed by atoms with E-state index in [1.807, 2.05) is 0 Å². The van der Waals surface area contributed by atoms with Gasteiger partial charge in [0, 0.05) is 18.6 Å². The summed E-state index contributed by atoms with van der Waals surface area (Å²) in [5, 5.41) is 3.65. The fourth-order valence-electron chi connectivity index (χ4n) is 2.63. The average molecular weight is 246 g/mol. The number of likely N-dealkylation sites (tertiary alicyclic amines) is 1. The smallest absolute Gasteiger partial charge is 0.0292 e. The minimum absolute atomic E-state index is 0.440. The van der Waals surface area contributed by atoms with Crippen molar-refractivity contribution < 1.29 is 0 Å². The van der Waals surface area contributed by atoms with E-state index >= 15 is 0 Å². The van der Waals surface area contributed by atoms with E-state index in [9.17, 15) is 0 Å². The van der Waals surface area contributed by atoms with Crippen molar-refractivity contribution in [3.63, 3.8) is 0 Å². The molecule has 1 aliphatic rings. The first kappa shape index (κ1) is 13.6. The highest BCUT2D eigenvalue weighted by atomic mass is 15.2. The molecule has 2 unspecified atom stereocenters. The molecule has 1 aliphatic heterocycles. The third-order valence-corrected chi connectivity index (χ3v) is 4.06. The van der Waals surface area contributed by atoms with Crippen LogP contribution < -0.4 is 5.32 Å². The molecule has 0 amide bonds. The van der Waals surface area contributed by atoms with Gasteiger partial charge in [0.2, 0.25) is 0 Å². The maximum absolute atomic E-state index is 3.65. The van der Waals surface area contributed by atoms with Gasteiger partial charge in [-0.1, -0.05) is 29.8 Å². The summed E-state index contributed by atoms with van der Waals surface area (Å²) in [5.41, 5.74) is 2.71. The van der Waals surface area contributed by atoms with Crippen molar-refractivity contribution in [3.05, 3.63) is 35.4 Å². The van der Waals surface area contributed by atoms with Gasteiger partial charge >= 0.3 is 0 Å². The molecule has 2 rings (SSSR count). The van der Waals surface area contributed by atoms with Crippen LogP contribution in [-0.4, -0.2) is 30.6 Å². The lowest BCUT2D eigenvalue weighted by Gasteiger charge is -2.26. The third kappa shape index (κ3) is 3.56. The summed E-state index contributed by atoms with van der Waals surface area (Å²) in [7, 11) is 0. The highest BCUT2D eigenvalue weighted by Crippen LogP contribution is 2.15. The predicted molar refractivity (Wildman–Crippen MR) is 77.9 cm³/mol. The van der Waals surface area contributed by atoms with Crippen LogP contribution >= 0.6 is 0 Å². The van der Waals surface area contributed by atoms with Crippen molar-refractivity contribution in [2.75, 3.05) is 19.6 Å². The van der Waals surface area contributed by atoms with Gasteiger partial charge in [-0.2, -0.15) is 0 Å². The number of aryl methyl sites for hydroxylation is 1. The van der Waals surface area contributed by atoms with Crippen LogP contribution in [0.5, 0.6) is 0 Å². The van der Waals surface area contributed by atoms with Gasteiger partial charge in [-0.15, -0.1) is 0 Å². The highest BCUT2D eigenvalue weighted by molar-refractivity contribution is 5.23. The van der Waals surface area contributed by atoms with Crippen LogP contribution in [0.2, 0.25) is 0 Å². The van der Waals surface area contributed by atoms with Crippen LogP contribution in [0.15, 0.2) is 24.3 Å². The normalized spacial score (nSPS) is 19.9. The molecule has 1 heterocycles. The second-order valence-electron chi connectivity index (χ2n) is 5.63. The number of nitrogens with one attached hydrogen (secondary N) is 1. The lowest BCUT2D eigenvalue weighted by atomic mass is 10.1. The summed E-state index contributed by atoms with van der Waals surface area (Å²) in [5.74, 6) is 0. The molecule has 1 aromatic rings. The Hall–Kier alpha value is -0.860. The maximum Gasteiger partial charge on any atom is 0.0292 e. The van der Waals surface area contributed by atoms with Crippen LogP contribution in [0.4, 0.5) is 0 Å². The van der Waals surface area contributed by atoms with Gasteiger partial charge in [0.15, 0.2) is 0 Å². The summed E-state index contributed by atoms with van der Waals surface area (Å²) in [6, 6.07) is 9.94.